The highest BCUT2D eigenvalue weighted by atomic mass is 15.4. The molecule has 2 aromatic rings. The summed E-state index contributed by atoms with van der Waals surface area (Å²) in [5.41, 5.74) is 11.7. The molecule has 0 unspecified atom stereocenters. The molecule has 0 amide bonds. The zero-order valence-corrected chi connectivity index (χ0v) is 21.4. The normalized spacial score (nSPS) is 20.5. The SMILES string of the molecule is C=C/C=C(/C)C(=C)N1c2cccc3c2N(c2ccccc2CC(=C)C(=C\C=C)/C(C=C)=C\3C=C)[C@@H]1C. The van der Waals surface area contributed by atoms with Crippen LogP contribution in [0.1, 0.15) is 25.0 Å². The third-order valence-electron chi connectivity index (χ3n) is 6.98. The number of anilines is 3. The second-order valence-corrected chi connectivity index (χ2v) is 9.04. The maximum Gasteiger partial charge on any atom is 0.108 e. The highest BCUT2D eigenvalue weighted by molar-refractivity contribution is 5.99. The summed E-state index contributed by atoms with van der Waals surface area (Å²) in [5, 5.41) is 0. The van der Waals surface area contributed by atoms with Gasteiger partial charge in [0.2, 0.25) is 0 Å². The van der Waals surface area contributed by atoms with Crippen molar-refractivity contribution in [2.24, 2.45) is 0 Å². The van der Waals surface area contributed by atoms with Gasteiger partial charge in [0.25, 0.3) is 0 Å². The molecule has 36 heavy (non-hydrogen) atoms. The molecule has 2 nitrogen and oxygen atoms in total. The van der Waals surface area contributed by atoms with E-state index in [1.165, 1.54) is 5.56 Å². The Morgan fingerprint density at radius 3 is 2.28 bits per heavy atom. The van der Waals surface area contributed by atoms with Gasteiger partial charge in [0.05, 0.1) is 11.4 Å². The largest absolute Gasteiger partial charge is 0.319 e. The Hall–Kier alpha value is -4.30. The van der Waals surface area contributed by atoms with Gasteiger partial charge in [0, 0.05) is 16.9 Å². The number of para-hydroxylation sites is 2. The summed E-state index contributed by atoms with van der Waals surface area (Å²) in [6.07, 6.45) is 12.2. The molecule has 0 aromatic heterocycles. The van der Waals surface area contributed by atoms with E-state index in [0.717, 1.165) is 56.2 Å². The van der Waals surface area contributed by atoms with E-state index >= 15 is 0 Å². The van der Waals surface area contributed by atoms with Gasteiger partial charge in [-0.05, 0) is 65.8 Å². The fourth-order valence-electron chi connectivity index (χ4n) is 5.32. The van der Waals surface area contributed by atoms with E-state index in [0.29, 0.717) is 6.42 Å². The van der Waals surface area contributed by atoms with Crippen molar-refractivity contribution in [2.45, 2.75) is 26.4 Å². The molecule has 0 fully saturated rings. The summed E-state index contributed by atoms with van der Waals surface area (Å²) in [5.74, 6) is 0. The summed E-state index contributed by atoms with van der Waals surface area (Å²) in [6, 6.07) is 15.0. The van der Waals surface area contributed by atoms with Crippen molar-refractivity contribution in [1.82, 2.24) is 0 Å². The van der Waals surface area contributed by atoms with Crippen LogP contribution in [0.5, 0.6) is 0 Å². The first-order valence-corrected chi connectivity index (χ1v) is 12.2. The van der Waals surface area contributed by atoms with E-state index in [-0.39, 0.29) is 6.17 Å². The lowest BCUT2D eigenvalue weighted by atomic mass is 9.86. The highest BCUT2D eigenvalue weighted by Crippen LogP contribution is 2.52. The summed E-state index contributed by atoms with van der Waals surface area (Å²) in [7, 11) is 0. The van der Waals surface area contributed by atoms with Crippen molar-refractivity contribution in [2.75, 3.05) is 9.80 Å². The van der Waals surface area contributed by atoms with Crippen LogP contribution in [0, 0.1) is 0 Å². The molecule has 4 rings (SSSR count). The molecule has 0 N–H and O–H groups in total. The molecule has 2 aliphatic rings. The van der Waals surface area contributed by atoms with E-state index in [1.54, 1.807) is 0 Å². The van der Waals surface area contributed by atoms with Gasteiger partial charge in [-0.1, -0.05) is 106 Å². The predicted molar refractivity (Wildman–Crippen MR) is 158 cm³/mol. The minimum atomic E-state index is -0.00269. The maximum absolute atomic E-state index is 4.49. The Labute approximate surface area is 216 Å². The molecule has 2 heterocycles. The molecule has 1 atom stereocenters. The maximum atomic E-state index is 4.49. The van der Waals surface area contributed by atoms with Crippen molar-refractivity contribution < 1.29 is 0 Å². The number of fused-ring (bicyclic) bond motifs is 2. The fraction of sp³-hybridized carbons (Fsp3) is 0.118. The minimum Gasteiger partial charge on any atom is -0.319 e. The number of benzene rings is 2. The van der Waals surface area contributed by atoms with E-state index in [1.807, 2.05) is 36.5 Å². The van der Waals surface area contributed by atoms with Crippen LogP contribution in [-0.2, 0) is 6.42 Å². The molecule has 0 saturated heterocycles. The lowest BCUT2D eigenvalue weighted by molar-refractivity contribution is 0.735. The van der Waals surface area contributed by atoms with Crippen LogP contribution in [0.3, 0.4) is 0 Å². The first-order chi connectivity index (χ1) is 17.4. The summed E-state index contributed by atoms with van der Waals surface area (Å²) in [6.45, 7) is 29.5. The molecule has 180 valence electrons. The number of nitrogens with zero attached hydrogens (tertiary/aromatic N) is 2. The monoisotopic (exact) mass is 470 g/mol. The van der Waals surface area contributed by atoms with Gasteiger partial charge < -0.3 is 9.80 Å². The topological polar surface area (TPSA) is 6.48 Å². The fourth-order valence-corrected chi connectivity index (χ4v) is 5.32. The third-order valence-corrected chi connectivity index (χ3v) is 6.98. The lowest BCUT2D eigenvalue weighted by Gasteiger charge is -2.33. The summed E-state index contributed by atoms with van der Waals surface area (Å²) in [4.78, 5) is 4.73. The Morgan fingerprint density at radius 1 is 0.917 bits per heavy atom. The predicted octanol–water partition coefficient (Wildman–Crippen LogP) is 8.99. The minimum absolute atomic E-state index is 0.00269. The Kier molecular flexibility index (Phi) is 6.98. The lowest BCUT2D eigenvalue weighted by Crippen LogP contribution is -2.38. The molecular formula is C34H34N2. The van der Waals surface area contributed by atoms with E-state index < -0.39 is 0 Å². The van der Waals surface area contributed by atoms with Crippen LogP contribution in [-0.4, -0.2) is 6.17 Å². The molecular weight excluding hydrogens is 436 g/mol. The van der Waals surface area contributed by atoms with Gasteiger partial charge in [-0.2, -0.15) is 0 Å². The van der Waals surface area contributed by atoms with E-state index in [9.17, 15) is 0 Å². The van der Waals surface area contributed by atoms with Crippen LogP contribution in [0.2, 0.25) is 0 Å². The van der Waals surface area contributed by atoms with Crippen LogP contribution in [0.4, 0.5) is 17.1 Å². The smallest absolute Gasteiger partial charge is 0.108 e. The van der Waals surface area contributed by atoms with Crippen molar-refractivity contribution >= 4 is 22.6 Å². The van der Waals surface area contributed by atoms with Gasteiger partial charge in [-0.3, -0.25) is 0 Å². The van der Waals surface area contributed by atoms with Gasteiger partial charge in [0.1, 0.15) is 6.17 Å². The first kappa shape index (κ1) is 24.8. The molecule has 2 heteroatoms. The Balaban J connectivity index is 2.15. The quantitative estimate of drug-likeness (QED) is 0.389. The van der Waals surface area contributed by atoms with E-state index in [4.69, 9.17) is 0 Å². The van der Waals surface area contributed by atoms with Gasteiger partial charge in [0.15, 0.2) is 0 Å². The van der Waals surface area contributed by atoms with Crippen LogP contribution in [0.25, 0.3) is 5.57 Å². The van der Waals surface area contributed by atoms with Crippen molar-refractivity contribution in [3.8, 4) is 0 Å². The van der Waals surface area contributed by atoms with Crippen molar-refractivity contribution in [3.05, 3.63) is 158 Å². The van der Waals surface area contributed by atoms with Crippen molar-refractivity contribution in [3.63, 3.8) is 0 Å². The molecule has 0 bridgehead atoms. The first-order valence-electron chi connectivity index (χ1n) is 12.2. The molecule has 2 aliphatic heterocycles. The Bertz CT molecular complexity index is 1390. The number of hydrogen-bond donors (Lipinski definition) is 0. The number of rotatable bonds is 6. The molecule has 0 spiro atoms. The van der Waals surface area contributed by atoms with Crippen LogP contribution in [0.15, 0.2) is 146 Å². The second-order valence-electron chi connectivity index (χ2n) is 9.04. The highest BCUT2D eigenvalue weighted by Gasteiger charge is 2.39. The van der Waals surface area contributed by atoms with Gasteiger partial charge in [-0.15, -0.1) is 0 Å². The zero-order valence-electron chi connectivity index (χ0n) is 21.4. The average molecular weight is 471 g/mol. The van der Waals surface area contributed by atoms with Gasteiger partial charge in [-0.25, -0.2) is 0 Å². The Morgan fingerprint density at radius 2 is 1.61 bits per heavy atom. The molecule has 2 aromatic carbocycles. The molecule has 0 aliphatic carbocycles. The number of hydrogen-bond acceptors (Lipinski definition) is 2. The van der Waals surface area contributed by atoms with Crippen LogP contribution >= 0.6 is 0 Å². The standard InChI is InChI=1S/C34H34N2/c1-9-16-23(5)25(7)35-26(8)36-32-20-14-13-18-27(32)22-24(6)30(17-10-2)28(11-3)29(12-4)31-19-15-21-33(35)34(31)36/h9-21,26H,1-4,6-7,22H2,5,8H3/b23-16-,29-28-,30-17+/t26-/m1/s1. The molecule has 0 radical (unpaired) electrons. The van der Waals surface area contributed by atoms with E-state index in [2.05, 4.69) is 106 Å². The summed E-state index contributed by atoms with van der Waals surface area (Å²) >= 11 is 0. The zero-order chi connectivity index (χ0) is 26.0. The van der Waals surface area contributed by atoms with Crippen LogP contribution < -0.4 is 9.80 Å². The number of allylic oxidation sites excluding steroid dienone is 11. The van der Waals surface area contributed by atoms with Gasteiger partial charge >= 0.3 is 0 Å². The second kappa shape index (κ2) is 10.1. The molecule has 0 saturated carbocycles. The average Bonchev–Trinajstić information content (AvgIpc) is 3.17. The third kappa shape index (κ3) is 3.95. The summed E-state index contributed by atoms with van der Waals surface area (Å²) < 4.78 is 0. The van der Waals surface area contributed by atoms with Crippen molar-refractivity contribution in [1.29, 1.82) is 0 Å².